The third-order valence-electron chi connectivity index (χ3n) is 5.22. The van der Waals surface area contributed by atoms with Crippen LogP contribution in [0.5, 0.6) is 0 Å². The fourth-order valence-corrected chi connectivity index (χ4v) is 3.53. The van der Waals surface area contributed by atoms with Crippen LogP contribution in [0.15, 0.2) is 71.0 Å². The second kappa shape index (κ2) is 8.39. The Morgan fingerprint density at radius 1 is 0.862 bits per heavy atom. The zero-order valence-corrected chi connectivity index (χ0v) is 16.2. The first kappa shape index (κ1) is 19.1. The number of carbonyl (C=O) groups is 2. The summed E-state index contributed by atoms with van der Waals surface area (Å²) < 4.78 is 0. The van der Waals surface area contributed by atoms with E-state index in [4.69, 9.17) is 9.68 Å². The largest absolute Gasteiger partial charge is 0.384 e. The first-order valence-corrected chi connectivity index (χ1v) is 9.74. The van der Waals surface area contributed by atoms with Crippen molar-refractivity contribution in [3.8, 4) is 0 Å². The third-order valence-corrected chi connectivity index (χ3v) is 5.22. The van der Waals surface area contributed by atoms with Gasteiger partial charge in [-0.25, -0.2) is 0 Å². The lowest BCUT2D eigenvalue weighted by Gasteiger charge is -2.15. The molecule has 148 valence electrons. The minimum absolute atomic E-state index is 0.0988. The first-order valence-electron chi connectivity index (χ1n) is 9.74. The topological polar surface area (TPSA) is 77.3 Å². The molecule has 0 bridgehead atoms. The standard InChI is InChI=1S/C23H22N2O4/c1-15(23(27)22-14-19(25-29-22)17-10-6-3-7-11-17)12-20(26)21-13-18(24-28-21)16-8-4-2-5-9-16/h2-11,15,21-22H,12-14H2,1H3/t15-,21+,22+/m0/s1. The maximum absolute atomic E-state index is 12.7. The molecule has 6 nitrogen and oxygen atoms in total. The van der Waals surface area contributed by atoms with Crippen molar-refractivity contribution < 1.29 is 19.3 Å². The van der Waals surface area contributed by atoms with Gasteiger partial charge in [0.25, 0.3) is 0 Å². The lowest BCUT2D eigenvalue weighted by Crippen LogP contribution is -2.31. The monoisotopic (exact) mass is 390 g/mol. The van der Waals surface area contributed by atoms with E-state index in [0.717, 1.165) is 22.6 Å². The van der Waals surface area contributed by atoms with Gasteiger partial charge in [-0.1, -0.05) is 77.9 Å². The second-order valence-corrected chi connectivity index (χ2v) is 7.38. The number of carbonyl (C=O) groups excluding carboxylic acids is 2. The molecule has 0 aliphatic carbocycles. The quantitative estimate of drug-likeness (QED) is 0.725. The summed E-state index contributed by atoms with van der Waals surface area (Å²) >= 11 is 0. The molecule has 29 heavy (non-hydrogen) atoms. The molecule has 2 aromatic carbocycles. The molecule has 0 N–H and O–H groups in total. The van der Waals surface area contributed by atoms with Crippen molar-refractivity contribution in [2.24, 2.45) is 16.2 Å². The van der Waals surface area contributed by atoms with Gasteiger partial charge in [0, 0.05) is 25.2 Å². The predicted molar refractivity (Wildman–Crippen MR) is 109 cm³/mol. The van der Waals surface area contributed by atoms with Crippen molar-refractivity contribution in [1.29, 1.82) is 0 Å². The molecular weight excluding hydrogens is 368 g/mol. The van der Waals surface area contributed by atoms with Crippen LogP contribution in [0, 0.1) is 5.92 Å². The van der Waals surface area contributed by atoms with Crippen LogP contribution in [0.3, 0.4) is 0 Å². The maximum Gasteiger partial charge on any atom is 0.191 e. The number of oxime groups is 2. The molecule has 0 saturated carbocycles. The van der Waals surface area contributed by atoms with E-state index in [1.807, 2.05) is 60.7 Å². The highest BCUT2D eigenvalue weighted by atomic mass is 16.6. The molecule has 2 aromatic rings. The van der Waals surface area contributed by atoms with Gasteiger partial charge in [0.2, 0.25) is 0 Å². The van der Waals surface area contributed by atoms with E-state index >= 15 is 0 Å². The van der Waals surface area contributed by atoms with Crippen molar-refractivity contribution in [1.82, 2.24) is 0 Å². The molecule has 0 aromatic heterocycles. The van der Waals surface area contributed by atoms with Crippen molar-refractivity contribution in [2.75, 3.05) is 0 Å². The SMILES string of the molecule is C[C@@H](CC(=O)[C@H]1CC(c2ccccc2)=NO1)C(=O)[C@H]1CC(c2ccccc2)=NO1. The molecule has 3 atom stereocenters. The summed E-state index contributed by atoms with van der Waals surface area (Å²) in [6.07, 6.45) is -0.343. The van der Waals surface area contributed by atoms with Gasteiger partial charge < -0.3 is 9.68 Å². The predicted octanol–water partition coefficient (Wildman–Crippen LogP) is 3.54. The summed E-state index contributed by atoms with van der Waals surface area (Å²) in [6, 6.07) is 19.3. The van der Waals surface area contributed by atoms with Crippen LogP contribution < -0.4 is 0 Å². The highest BCUT2D eigenvalue weighted by Crippen LogP contribution is 2.23. The minimum Gasteiger partial charge on any atom is -0.384 e. The molecule has 4 rings (SSSR count). The molecule has 0 unspecified atom stereocenters. The van der Waals surface area contributed by atoms with Crippen LogP contribution in [0.2, 0.25) is 0 Å². The molecule has 2 aliphatic heterocycles. The number of Topliss-reactive ketones (excluding diaryl/α,β-unsaturated/α-hetero) is 2. The Bertz CT molecular complexity index is 953. The Balaban J connectivity index is 1.29. The maximum atomic E-state index is 12.7. The van der Waals surface area contributed by atoms with Crippen molar-refractivity contribution in [3.05, 3.63) is 71.8 Å². The van der Waals surface area contributed by atoms with Crippen LogP contribution in [-0.4, -0.2) is 35.2 Å². The Hall–Kier alpha value is -3.28. The fraction of sp³-hybridized carbons (Fsp3) is 0.304. The highest BCUT2D eigenvalue weighted by molar-refractivity contribution is 6.06. The van der Waals surface area contributed by atoms with Gasteiger partial charge in [-0.3, -0.25) is 9.59 Å². The molecule has 2 heterocycles. The summed E-state index contributed by atoms with van der Waals surface area (Å²) in [7, 11) is 0. The van der Waals surface area contributed by atoms with Crippen LogP contribution in [0.25, 0.3) is 0 Å². The van der Waals surface area contributed by atoms with E-state index in [9.17, 15) is 9.59 Å². The van der Waals surface area contributed by atoms with Gasteiger partial charge >= 0.3 is 0 Å². The Morgan fingerprint density at radius 3 is 1.90 bits per heavy atom. The molecule has 6 heteroatoms. The zero-order chi connectivity index (χ0) is 20.2. The Labute approximate surface area is 169 Å². The molecule has 0 amide bonds. The molecule has 0 saturated heterocycles. The Kier molecular flexibility index (Phi) is 5.51. The summed E-state index contributed by atoms with van der Waals surface area (Å²) in [5.41, 5.74) is 3.39. The normalized spacial score (nSPS) is 21.6. The number of hydrogen-bond acceptors (Lipinski definition) is 6. The molecule has 0 fully saturated rings. The average molecular weight is 390 g/mol. The van der Waals surface area contributed by atoms with Gasteiger partial charge in [-0.15, -0.1) is 0 Å². The molecular formula is C23H22N2O4. The van der Waals surface area contributed by atoms with Crippen molar-refractivity contribution in [3.63, 3.8) is 0 Å². The van der Waals surface area contributed by atoms with Crippen LogP contribution in [0.4, 0.5) is 0 Å². The molecule has 0 spiro atoms. The summed E-state index contributed by atoms with van der Waals surface area (Å²) in [5, 5.41) is 8.11. The summed E-state index contributed by atoms with van der Waals surface area (Å²) in [5.74, 6) is -0.708. The van der Waals surface area contributed by atoms with E-state index in [1.54, 1.807) is 6.92 Å². The average Bonchev–Trinajstić information content (AvgIpc) is 3.45. The fourth-order valence-electron chi connectivity index (χ4n) is 3.53. The summed E-state index contributed by atoms with van der Waals surface area (Å²) in [4.78, 5) is 36.1. The van der Waals surface area contributed by atoms with Crippen molar-refractivity contribution >= 4 is 23.0 Å². The van der Waals surface area contributed by atoms with Gasteiger partial charge in [0.1, 0.15) is 0 Å². The number of rotatable bonds is 7. The van der Waals surface area contributed by atoms with Crippen LogP contribution in [0.1, 0.15) is 37.3 Å². The van der Waals surface area contributed by atoms with Crippen LogP contribution >= 0.6 is 0 Å². The van der Waals surface area contributed by atoms with E-state index < -0.39 is 18.1 Å². The first-order chi connectivity index (χ1) is 14.1. The van der Waals surface area contributed by atoms with E-state index in [-0.39, 0.29) is 18.0 Å². The van der Waals surface area contributed by atoms with Crippen molar-refractivity contribution in [2.45, 2.75) is 38.4 Å². The minimum atomic E-state index is -0.645. The van der Waals surface area contributed by atoms with Gasteiger partial charge in [0.15, 0.2) is 23.8 Å². The van der Waals surface area contributed by atoms with Crippen LogP contribution in [-0.2, 0) is 19.3 Å². The third kappa shape index (κ3) is 4.26. The number of nitrogens with zero attached hydrogens (tertiary/aromatic N) is 2. The summed E-state index contributed by atoms with van der Waals surface area (Å²) in [6.45, 7) is 1.75. The molecule has 2 aliphatic rings. The zero-order valence-electron chi connectivity index (χ0n) is 16.2. The number of ketones is 2. The number of benzene rings is 2. The number of hydrogen-bond donors (Lipinski definition) is 0. The lowest BCUT2D eigenvalue weighted by atomic mass is 9.90. The van der Waals surface area contributed by atoms with E-state index in [1.165, 1.54) is 0 Å². The highest BCUT2D eigenvalue weighted by Gasteiger charge is 2.35. The second-order valence-electron chi connectivity index (χ2n) is 7.38. The smallest absolute Gasteiger partial charge is 0.191 e. The molecule has 0 radical (unpaired) electrons. The Morgan fingerprint density at radius 2 is 1.34 bits per heavy atom. The van der Waals surface area contributed by atoms with Gasteiger partial charge in [-0.05, 0) is 11.1 Å². The van der Waals surface area contributed by atoms with Gasteiger partial charge in [-0.2, -0.15) is 0 Å². The van der Waals surface area contributed by atoms with E-state index in [2.05, 4.69) is 10.3 Å². The van der Waals surface area contributed by atoms with Gasteiger partial charge in [0.05, 0.1) is 11.4 Å². The lowest BCUT2D eigenvalue weighted by molar-refractivity contribution is -0.137. The van der Waals surface area contributed by atoms with E-state index in [0.29, 0.717) is 12.8 Å².